The van der Waals surface area contributed by atoms with Crippen LogP contribution in [0.5, 0.6) is 5.75 Å². The average molecular weight is 368 g/mol. The number of piperazine rings is 1. The van der Waals surface area contributed by atoms with Crippen LogP contribution in [0.4, 0.5) is 4.79 Å². The average Bonchev–Trinajstić information content (AvgIpc) is 2.55. The first-order valence-electron chi connectivity index (χ1n) is 8.50. The second-order valence-corrected chi connectivity index (χ2v) is 7.44. The number of nitrogens with one attached hydrogen (secondary N) is 1. The third-order valence-electron chi connectivity index (χ3n) is 3.81. The zero-order valence-corrected chi connectivity index (χ0v) is 16.0. The molecule has 1 aliphatic rings. The largest absolute Gasteiger partial charge is 0.492 e. The fourth-order valence-corrected chi connectivity index (χ4v) is 2.84. The first-order chi connectivity index (χ1) is 11.7. The number of hydrogen-bond acceptors (Lipinski definition) is 3. The van der Waals surface area contributed by atoms with Crippen molar-refractivity contribution in [3.8, 4) is 5.75 Å². The monoisotopic (exact) mass is 367 g/mol. The molecular weight excluding hydrogens is 342 g/mol. The number of rotatable bonds is 3. The zero-order valence-electron chi connectivity index (χ0n) is 15.3. The van der Waals surface area contributed by atoms with Gasteiger partial charge in [0.1, 0.15) is 5.75 Å². The van der Waals surface area contributed by atoms with Gasteiger partial charge in [0.15, 0.2) is 0 Å². The number of nitrogens with zero attached hydrogens (tertiary/aromatic N) is 2. The van der Waals surface area contributed by atoms with Crippen LogP contribution in [-0.2, 0) is 0 Å². The molecule has 138 valence electrons. The fourth-order valence-electron chi connectivity index (χ4n) is 2.60. The number of halogens is 1. The van der Waals surface area contributed by atoms with E-state index in [9.17, 15) is 9.59 Å². The first kappa shape index (κ1) is 19.4. The second-order valence-electron chi connectivity index (χ2n) is 7.04. The summed E-state index contributed by atoms with van der Waals surface area (Å²) in [6.07, 6.45) is 0. The van der Waals surface area contributed by atoms with Crippen LogP contribution < -0.4 is 10.1 Å². The van der Waals surface area contributed by atoms with E-state index >= 15 is 0 Å². The summed E-state index contributed by atoms with van der Waals surface area (Å²) in [5.41, 5.74) is 0.254. The molecule has 25 heavy (non-hydrogen) atoms. The van der Waals surface area contributed by atoms with Gasteiger partial charge in [0, 0.05) is 37.3 Å². The third-order valence-corrected chi connectivity index (χ3v) is 4.11. The molecule has 0 unspecified atom stereocenters. The molecule has 0 aliphatic carbocycles. The molecule has 0 spiro atoms. The van der Waals surface area contributed by atoms with Gasteiger partial charge in [-0.2, -0.15) is 0 Å². The number of carbonyl (C=O) groups excluding carboxylic acids is 2. The smallest absolute Gasteiger partial charge is 0.317 e. The van der Waals surface area contributed by atoms with Crippen LogP contribution in [0.15, 0.2) is 18.2 Å². The summed E-state index contributed by atoms with van der Waals surface area (Å²) >= 11 is 6.16. The normalized spacial score (nSPS) is 15.1. The Morgan fingerprint density at radius 3 is 2.28 bits per heavy atom. The predicted molar refractivity (Wildman–Crippen MR) is 98.4 cm³/mol. The Morgan fingerprint density at radius 2 is 1.76 bits per heavy atom. The van der Waals surface area contributed by atoms with Gasteiger partial charge < -0.3 is 19.9 Å². The minimum atomic E-state index is -0.275. The molecular formula is C18H26ClN3O3. The molecule has 3 amide bonds. The van der Waals surface area contributed by atoms with Crippen LogP contribution in [0, 0.1) is 0 Å². The van der Waals surface area contributed by atoms with Crippen molar-refractivity contribution in [2.45, 2.75) is 33.2 Å². The van der Waals surface area contributed by atoms with Gasteiger partial charge in [0.05, 0.1) is 11.6 Å². The van der Waals surface area contributed by atoms with E-state index in [-0.39, 0.29) is 17.5 Å². The zero-order chi connectivity index (χ0) is 18.6. The van der Waals surface area contributed by atoms with Crippen molar-refractivity contribution in [1.82, 2.24) is 15.1 Å². The summed E-state index contributed by atoms with van der Waals surface area (Å²) in [5.74, 6) is 0.491. The molecule has 6 nitrogen and oxygen atoms in total. The van der Waals surface area contributed by atoms with E-state index in [0.717, 1.165) is 0 Å². The molecule has 1 heterocycles. The van der Waals surface area contributed by atoms with Crippen molar-refractivity contribution in [1.29, 1.82) is 0 Å². The molecule has 1 aromatic carbocycles. The number of hydrogen-bond donors (Lipinski definition) is 1. The van der Waals surface area contributed by atoms with E-state index in [2.05, 4.69) is 5.32 Å². The lowest BCUT2D eigenvalue weighted by atomic mass is 10.1. The van der Waals surface area contributed by atoms with E-state index in [1.807, 2.05) is 27.7 Å². The number of ether oxygens (including phenoxy) is 1. The molecule has 0 radical (unpaired) electrons. The number of benzene rings is 1. The fraction of sp³-hybridized carbons (Fsp3) is 0.556. The highest BCUT2D eigenvalue weighted by atomic mass is 35.5. The molecule has 0 bridgehead atoms. The van der Waals surface area contributed by atoms with Gasteiger partial charge in [-0.3, -0.25) is 4.79 Å². The first-order valence-corrected chi connectivity index (χ1v) is 8.88. The van der Waals surface area contributed by atoms with E-state index in [0.29, 0.717) is 49.1 Å². The molecule has 1 N–H and O–H groups in total. The maximum atomic E-state index is 12.6. The Hall–Kier alpha value is -1.95. The Bertz CT molecular complexity index is 635. The van der Waals surface area contributed by atoms with Crippen LogP contribution in [0.2, 0.25) is 5.02 Å². The number of amides is 3. The second kappa shape index (κ2) is 7.95. The molecule has 2 rings (SSSR count). The van der Waals surface area contributed by atoms with Crippen molar-refractivity contribution >= 4 is 23.5 Å². The summed E-state index contributed by atoms with van der Waals surface area (Å²) in [7, 11) is 0. The van der Waals surface area contributed by atoms with Crippen LogP contribution in [0.1, 0.15) is 38.1 Å². The molecule has 0 saturated carbocycles. The Morgan fingerprint density at radius 1 is 1.16 bits per heavy atom. The summed E-state index contributed by atoms with van der Waals surface area (Å²) in [4.78, 5) is 28.3. The minimum Gasteiger partial charge on any atom is -0.492 e. The minimum absolute atomic E-state index is 0.0826. The van der Waals surface area contributed by atoms with Crippen molar-refractivity contribution < 1.29 is 14.3 Å². The standard InChI is InChI=1S/C18H26ClN3O3/c1-5-25-15-7-6-13(12-14(15)19)16(23)21-8-10-22(11-9-21)17(24)20-18(2,3)4/h6-7,12H,5,8-11H2,1-4H3,(H,20,24). The summed E-state index contributed by atoms with van der Waals surface area (Å²) in [6.45, 7) is 10.3. The highest BCUT2D eigenvalue weighted by Gasteiger charge is 2.26. The molecule has 1 saturated heterocycles. The van der Waals surface area contributed by atoms with Gasteiger partial charge in [0.2, 0.25) is 0 Å². The number of carbonyl (C=O) groups is 2. The van der Waals surface area contributed by atoms with Gasteiger partial charge in [-0.1, -0.05) is 11.6 Å². The van der Waals surface area contributed by atoms with Gasteiger partial charge in [-0.05, 0) is 45.9 Å². The van der Waals surface area contributed by atoms with Crippen molar-refractivity contribution in [2.24, 2.45) is 0 Å². The van der Waals surface area contributed by atoms with Crippen LogP contribution >= 0.6 is 11.6 Å². The van der Waals surface area contributed by atoms with Gasteiger partial charge >= 0.3 is 6.03 Å². The molecule has 0 aromatic heterocycles. The van der Waals surface area contributed by atoms with Gasteiger partial charge in [-0.25, -0.2) is 4.79 Å². The van der Waals surface area contributed by atoms with Crippen LogP contribution in [0.3, 0.4) is 0 Å². The third kappa shape index (κ3) is 5.26. The molecule has 1 fully saturated rings. The quantitative estimate of drug-likeness (QED) is 0.893. The number of urea groups is 1. The van der Waals surface area contributed by atoms with Crippen molar-refractivity contribution in [3.05, 3.63) is 28.8 Å². The van der Waals surface area contributed by atoms with Crippen LogP contribution in [0.25, 0.3) is 0 Å². The van der Waals surface area contributed by atoms with E-state index in [1.165, 1.54) is 0 Å². The van der Waals surface area contributed by atoms with E-state index < -0.39 is 0 Å². The molecule has 1 aromatic rings. The topological polar surface area (TPSA) is 61.9 Å². The lowest BCUT2D eigenvalue weighted by molar-refractivity contribution is 0.0661. The van der Waals surface area contributed by atoms with Crippen molar-refractivity contribution in [3.63, 3.8) is 0 Å². The van der Waals surface area contributed by atoms with E-state index in [1.54, 1.807) is 28.0 Å². The van der Waals surface area contributed by atoms with E-state index in [4.69, 9.17) is 16.3 Å². The highest BCUT2D eigenvalue weighted by molar-refractivity contribution is 6.32. The lowest BCUT2D eigenvalue weighted by Crippen LogP contribution is -2.56. The maximum absolute atomic E-state index is 12.6. The molecule has 0 atom stereocenters. The summed E-state index contributed by atoms with van der Waals surface area (Å²) in [6, 6.07) is 4.97. The maximum Gasteiger partial charge on any atom is 0.317 e. The van der Waals surface area contributed by atoms with Crippen LogP contribution in [-0.4, -0.2) is 60.1 Å². The Balaban J connectivity index is 1.95. The Labute approximate surface area is 154 Å². The molecule has 7 heteroatoms. The summed E-state index contributed by atoms with van der Waals surface area (Å²) < 4.78 is 5.39. The Kier molecular flexibility index (Phi) is 6.16. The van der Waals surface area contributed by atoms with Crippen molar-refractivity contribution in [2.75, 3.05) is 32.8 Å². The molecule has 1 aliphatic heterocycles. The highest BCUT2D eigenvalue weighted by Crippen LogP contribution is 2.26. The van der Waals surface area contributed by atoms with Gasteiger partial charge in [0.25, 0.3) is 5.91 Å². The SMILES string of the molecule is CCOc1ccc(C(=O)N2CCN(C(=O)NC(C)(C)C)CC2)cc1Cl. The van der Waals surface area contributed by atoms with Gasteiger partial charge in [-0.15, -0.1) is 0 Å². The predicted octanol–water partition coefficient (Wildman–Crippen LogP) is 3.00. The lowest BCUT2D eigenvalue weighted by Gasteiger charge is -2.36. The summed E-state index contributed by atoms with van der Waals surface area (Å²) in [5, 5.41) is 3.37.